The molecule has 1 aliphatic rings. The van der Waals surface area contributed by atoms with Crippen molar-refractivity contribution >= 4 is 10.8 Å². The summed E-state index contributed by atoms with van der Waals surface area (Å²) in [6.07, 6.45) is 3.82. The number of rotatable bonds is 1. The molecule has 0 unspecified atom stereocenters. The summed E-state index contributed by atoms with van der Waals surface area (Å²) in [6.45, 7) is 9.23. The summed E-state index contributed by atoms with van der Waals surface area (Å²) in [5.74, 6) is 0. The Bertz CT molecular complexity index is 929. The minimum absolute atomic E-state index is 1.25. The average Bonchev–Trinajstić information content (AvgIpc) is 3.05. The van der Waals surface area contributed by atoms with Gasteiger partial charge in [-0.15, -0.1) is 0 Å². The molecule has 0 spiro atoms. The molecule has 4 rings (SSSR count). The molecule has 0 saturated heterocycles. The Hall–Kier alpha value is -2.08. The third-order valence-electron chi connectivity index (χ3n) is 5.82. The molecule has 3 aromatic rings. The third kappa shape index (κ3) is 2.05. The van der Waals surface area contributed by atoms with Crippen LogP contribution in [0, 0.1) is 27.7 Å². The Morgan fingerprint density at radius 2 is 1.35 bits per heavy atom. The predicted molar refractivity (Wildman–Crippen MR) is 100 cm³/mol. The highest BCUT2D eigenvalue weighted by Crippen LogP contribution is 2.42. The molecular formula is C23H24. The molecule has 0 bridgehead atoms. The largest absolute Gasteiger partial charge is 0.0616 e. The summed E-state index contributed by atoms with van der Waals surface area (Å²) in [5.41, 5.74) is 12.1. The van der Waals surface area contributed by atoms with Crippen molar-refractivity contribution in [1.29, 1.82) is 0 Å². The maximum Gasteiger partial charge on any atom is -0.00706 e. The highest BCUT2D eigenvalue weighted by molar-refractivity contribution is 6.00. The monoisotopic (exact) mass is 300 g/mol. The first-order valence-electron chi connectivity index (χ1n) is 8.70. The quantitative estimate of drug-likeness (QED) is 0.500. The van der Waals surface area contributed by atoms with Crippen LogP contribution in [-0.2, 0) is 12.8 Å². The van der Waals surface area contributed by atoms with Crippen LogP contribution in [0.15, 0.2) is 36.4 Å². The second kappa shape index (κ2) is 5.23. The van der Waals surface area contributed by atoms with Gasteiger partial charge in [-0.1, -0.05) is 36.4 Å². The molecule has 116 valence electrons. The molecule has 0 heteroatoms. The highest BCUT2D eigenvalue weighted by Gasteiger charge is 2.23. The van der Waals surface area contributed by atoms with E-state index in [1.54, 1.807) is 11.1 Å². The Morgan fingerprint density at radius 3 is 2.13 bits per heavy atom. The number of hydrogen-bond acceptors (Lipinski definition) is 0. The standard InChI is InChI=1S/C23H24/c1-14-12-13-18-8-5-6-9-21(18)22(14)23-16(3)15(2)19-10-7-11-20(19)17(23)4/h5-6,8-9,12-13H,7,10-11H2,1-4H3. The Labute approximate surface area is 139 Å². The van der Waals surface area contributed by atoms with Crippen LogP contribution in [0.1, 0.15) is 39.8 Å². The number of hydrogen-bond donors (Lipinski definition) is 0. The van der Waals surface area contributed by atoms with Crippen molar-refractivity contribution < 1.29 is 0 Å². The van der Waals surface area contributed by atoms with E-state index in [1.165, 1.54) is 63.4 Å². The van der Waals surface area contributed by atoms with Gasteiger partial charge < -0.3 is 0 Å². The highest BCUT2D eigenvalue weighted by atomic mass is 14.3. The van der Waals surface area contributed by atoms with E-state index in [-0.39, 0.29) is 0 Å². The molecule has 0 aliphatic heterocycles. The molecule has 0 amide bonds. The van der Waals surface area contributed by atoms with Gasteiger partial charge >= 0.3 is 0 Å². The first-order valence-corrected chi connectivity index (χ1v) is 8.70. The zero-order valence-electron chi connectivity index (χ0n) is 14.6. The zero-order valence-corrected chi connectivity index (χ0v) is 14.6. The molecule has 1 aliphatic carbocycles. The van der Waals surface area contributed by atoms with Crippen molar-refractivity contribution in [2.45, 2.75) is 47.0 Å². The Balaban J connectivity index is 2.15. The van der Waals surface area contributed by atoms with Crippen LogP contribution < -0.4 is 0 Å². The minimum Gasteiger partial charge on any atom is -0.0616 e. The summed E-state index contributed by atoms with van der Waals surface area (Å²) in [4.78, 5) is 0. The van der Waals surface area contributed by atoms with E-state index in [0.29, 0.717) is 0 Å². The van der Waals surface area contributed by atoms with E-state index < -0.39 is 0 Å². The van der Waals surface area contributed by atoms with E-state index in [1.807, 2.05) is 0 Å². The topological polar surface area (TPSA) is 0 Å². The fraction of sp³-hybridized carbons (Fsp3) is 0.304. The van der Waals surface area contributed by atoms with Crippen LogP contribution in [0.2, 0.25) is 0 Å². The normalized spacial score (nSPS) is 13.6. The van der Waals surface area contributed by atoms with Crippen molar-refractivity contribution in [3.63, 3.8) is 0 Å². The van der Waals surface area contributed by atoms with Crippen molar-refractivity contribution in [3.05, 3.63) is 69.8 Å². The van der Waals surface area contributed by atoms with Crippen LogP contribution in [-0.4, -0.2) is 0 Å². The lowest BCUT2D eigenvalue weighted by Crippen LogP contribution is -2.01. The zero-order chi connectivity index (χ0) is 16.1. The summed E-state index contributed by atoms with van der Waals surface area (Å²) >= 11 is 0. The molecule has 0 aromatic heterocycles. The van der Waals surface area contributed by atoms with Crippen LogP contribution >= 0.6 is 0 Å². The number of fused-ring (bicyclic) bond motifs is 2. The van der Waals surface area contributed by atoms with Crippen LogP contribution in [0.3, 0.4) is 0 Å². The Kier molecular flexibility index (Phi) is 3.30. The van der Waals surface area contributed by atoms with Crippen molar-refractivity contribution in [1.82, 2.24) is 0 Å². The summed E-state index contributed by atoms with van der Waals surface area (Å²) in [5, 5.41) is 2.72. The molecule has 23 heavy (non-hydrogen) atoms. The van der Waals surface area contributed by atoms with Gasteiger partial charge in [-0.05, 0) is 102 Å². The second-order valence-corrected chi connectivity index (χ2v) is 7.04. The fourth-order valence-electron chi connectivity index (χ4n) is 4.50. The molecular weight excluding hydrogens is 276 g/mol. The Morgan fingerprint density at radius 1 is 0.652 bits per heavy atom. The first kappa shape index (κ1) is 14.5. The van der Waals surface area contributed by atoms with Crippen molar-refractivity contribution in [3.8, 4) is 11.1 Å². The van der Waals surface area contributed by atoms with Crippen LogP contribution in [0.25, 0.3) is 21.9 Å². The van der Waals surface area contributed by atoms with Crippen LogP contribution in [0.4, 0.5) is 0 Å². The van der Waals surface area contributed by atoms with Gasteiger partial charge in [0.1, 0.15) is 0 Å². The van der Waals surface area contributed by atoms with Crippen molar-refractivity contribution in [2.75, 3.05) is 0 Å². The molecule has 0 fully saturated rings. The average molecular weight is 300 g/mol. The molecule has 0 heterocycles. The second-order valence-electron chi connectivity index (χ2n) is 7.04. The molecule has 0 radical (unpaired) electrons. The predicted octanol–water partition coefficient (Wildman–Crippen LogP) is 6.23. The third-order valence-corrected chi connectivity index (χ3v) is 5.82. The fourth-order valence-corrected chi connectivity index (χ4v) is 4.50. The van der Waals surface area contributed by atoms with E-state index in [2.05, 4.69) is 64.1 Å². The van der Waals surface area contributed by atoms with Gasteiger partial charge in [-0.3, -0.25) is 0 Å². The van der Waals surface area contributed by atoms with Crippen molar-refractivity contribution in [2.24, 2.45) is 0 Å². The summed E-state index contributed by atoms with van der Waals surface area (Å²) in [6, 6.07) is 13.3. The van der Waals surface area contributed by atoms with Gasteiger partial charge in [0.05, 0.1) is 0 Å². The van der Waals surface area contributed by atoms with E-state index in [9.17, 15) is 0 Å². The lowest BCUT2D eigenvalue weighted by molar-refractivity contribution is 0.907. The van der Waals surface area contributed by atoms with Crippen LogP contribution in [0.5, 0.6) is 0 Å². The van der Waals surface area contributed by atoms with E-state index in [4.69, 9.17) is 0 Å². The summed E-state index contributed by atoms with van der Waals surface area (Å²) in [7, 11) is 0. The lowest BCUT2D eigenvalue weighted by atomic mass is 9.83. The van der Waals surface area contributed by atoms with Gasteiger partial charge in [0.25, 0.3) is 0 Å². The number of benzene rings is 3. The summed E-state index contributed by atoms with van der Waals surface area (Å²) < 4.78 is 0. The maximum atomic E-state index is 2.34. The maximum absolute atomic E-state index is 2.34. The minimum atomic E-state index is 1.25. The molecule has 0 atom stereocenters. The SMILES string of the molecule is Cc1ccc2ccccc2c1-c1c(C)c(C)c2c(c1C)CCC2. The van der Waals surface area contributed by atoms with Gasteiger partial charge in [0.2, 0.25) is 0 Å². The van der Waals surface area contributed by atoms with E-state index >= 15 is 0 Å². The molecule has 0 N–H and O–H groups in total. The first-order chi connectivity index (χ1) is 11.1. The number of aryl methyl sites for hydroxylation is 1. The van der Waals surface area contributed by atoms with Gasteiger partial charge in [-0.2, -0.15) is 0 Å². The smallest absolute Gasteiger partial charge is 0.00706 e. The lowest BCUT2D eigenvalue weighted by Gasteiger charge is -2.21. The van der Waals surface area contributed by atoms with Gasteiger partial charge in [-0.25, -0.2) is 0 Å². The van der Waals surface area contributed by atoms with Gasteiger partial charge in [0.15, 0.2) is 0 Å². The molecule has 0 saturated carbocycles. The molecule has 0 nitrogen and oxygen atoms in total. The van der Waals surface area contributed by atoms with Gasteiger partial charge in [0, 0.05) is 0 Å². The van der Waals surface area contributed by atoms with E-state index in [0.717, 1.165) is 0 Å². The molecule has 3 aromatic carbocycles.